The van der Waals surface area contributed by atoms with E-state index >= 15 is 0 Å². The van der Waals surface area contributed by atoms with E-state index in [1.54, 1.807) is 24.1 Å². The van der Waals surface area contributed by atoms with Crippen molar-refractivity contribution in [3.63, 3.8) is 0 Å². The molecule has 1 amide bonds. The van der Waals surface area contributed by atoms with E-state index < -0.39 is 0 Å². The van der Waals surface area contributed by atoms with Gasteiger partial charge in [0, 0.05) is 43.2 Å². The summed E-state index contributed by atoms with van der Waals surface area (Å²) >= 11 is 5.70. The average Bonchev–Trinajstić information content (AvgIpc) is 2.32. The van der Waals surface area contributed by atoms with Gasteiger partial charge in [0.15, 0.2) is 0 Å². The molecule has 98 valence electrons. The Hall–Kier alpha value is -1.13. The summed E-state index contributed by atoms with van der Waals surface area (Å²) in [5, 5.41) is 3.67. The Morgan fingerprint density at radius 3 is 3.00 bits per heavy atom. The van der Waals surface area contributed by atoms with E-state index in [9.17, 15) is 9.18 Å². The van der Waals surface area contributed by atoms with Crippen LogP contribution < -0.4 is 5.32 Å². The van der Waals surface area contributed by atoms with Crippen LogP contribution in [-0.2, 0) is 11.3 Å². The van der Waals surface area contributed by atoms with E-state index in [0.717, 1.165) is 6.42 Å². The molecule has 0 aromatic heterocycles. The predicted molar refractivity (Wildman–Crippen MR) is 68.9 cm³/mol. The van der Waals surface area contributed by atoms with Crippen LogP contribution in [0.1, 0.15) is 18.4 Å². The lowest BCUT2D eigenvalue weighted by atomic mass is 10.1. The Kier molecular flexibility index (Phi) is 4.19. The van der Waals surface area contributed by atoms with Crippen molar-refractivity contribution in [3.8, 4) is 0 Å². The molecule has 0 radical (unpaired) electrons. The lowest BCUT2D eigenvalue weighted by molar-refractivity contribution is -0.132. The third-order valence-corrected chi connectivity index (χ3v) is 3.46. The van der Waals surface area contributed by atoms with Gasteiger partial charge in [0.25, 0.3) is 0 Å². The second kappa shape index (κ2) is 5.67. The van der Waals surface area contributed by atoms with Crippen LogP contribution in [0.25, 0.3) is 0 Å². The van der Waals surface area contributed by atoms with Gasteiger partial charge in [0.05, 0.1) is 0 Å². The Balaban J connectivity index is 1.90. The van der Waals surface area contributed by atoms with Gasteiger partial charge in [-0.15, -0.1) is 0 Å². The summed E-state index contributed by atoms with van der Waals surface area (Å²) in [6.45, 7) is 1.13. The van der Waals surface area contributed by atoms with E-state index in [-0.39, 0.29) is 17.8 Å². The molecule has 1 unspecified atom stereocenters. The molecule has 1 atom stereocenters. The Morgan fingerprint density at radius 2 is 2.33 bits per heavy atom. The molecule has 2 rings (SSSR count). The number of likely N-dealkylation sites (tertiary alicyclic amines) is 1. The number of nitrogens with one attached hydrogen (secondary N) is 1. The average molecular weight is 271 g/mol. The van der Waals surface area contributed by atoms with Gasteiger partial charge in [0.2, 0.25) is 5.91 Å². The monoisotopic (exact) mass is 270 g/mol. The molecule has 1 aliphatic rings. The summed E-state index contributed by atoms with van der Waals surface area (Å²) in [5.74, 6) is -0.124. The van der Waals surface area contributed by atoms with Crippen molar-refractivity contribution in [2.75, 3.05) is 13.6 Å². The normalized spacial score (nSPS) is 20.3. The fraction of sp³-hybridized carbons (Fsp3) is 0.462. The number of halogens is 2. The Bertz CT molecular complexity index is 453. The molecule has 1 aliphatic heterocycles. The maximum Gasteiger partial charge on any atom is 0.222 e. The molecule has 1 fully saturated rings. The highest BCUT2D eigenvalue weighted by atomic mass is 35.5. The summed E-state index contributed by atoms with van der Waals surface area (Å²) in [7, 11) is 1.79. The highest BCUT2D eigenvalue weighted by molar-refractivity contribution is 6.30. The summed E-state index contributed by atoms with van der Waals surface area (Å²) in [4.78, 5) is 13.0. The zero-order valence-electron chi connectivity index (χ0n) is 10.2. The maximum absolute atomic E-state index is 13.6. The van der Waals surface area contributed by atoms with Crippen LogP contribution >= 0.6 is 11.6 Å². The molecule has 0 bridgehead atoms. The van der Waals surface area contributed by atoms with Crippen LogP contribution in [0, 0.1) is 5.82 Å². The van der Waals surface area contributed by atoms with Gasteiger partial charge in [-0.25, -0.2) is 4.39 Å². The van der Waals surface area contributed by atoms with Gasteiger partial charge in [-0.2, -0.15) is 0 Å². The Morgan fingerprint density at radius 1 is 1.56 bits per heavy atom. The van der Waals surface area contributed by atoms with Crippen LogP contribution in [0.3, 0.4) is 0 Å². The van der Waals surface area contributed by atoms with Crippen molar-refractivity contribution < 1.29 is 9.18 Å². The van der Waals surface area contributed by atoms with Crippen molar-refractivity contribution in [1.29, 1.82) is 0 Å². The minimum Gasteiger partial charge on any atom is -0.344 e. The smallest absolute Gasteiger partial charge is 0.222 e. The number of benzene rings is 1. The zero-order valence-corrected chi connectivity index (χ0v) is 11.0. The third kappa shape index (κ3) is 3.21. The molecule has 5 heteroatoms. The van der Waals surface area contributed by atoms with Crippen molar-refractivity contribution in [2.45, 2.75) is 25.4 Å². The van der Waals surface area contributed by atoms with Gasteiger partial charge < -0.3 is 10.2 Å². The molecular formula is C13H16ClFN2O. The van der Waals surface area contributed by atoms with Crippen molar-refractivity contribution in [2.24, 2.45) is 0 Å². The number of amides is 1. The first-order valence-corrected chi connectivity index (χ1v) is 6.35. The van der Waals surface area contributed by atoms with Crippen LogP contribution in [0.5, 0.6) is 0 Å². The van der Waals surface area contributed by atoms with Crippen LogP contribution in [0.4, 0.5) is 4.39 Å². The minimum absolute atomic E-state index is 0.172. The standard InChI is InChI=1S/C13H16ClFN2O/c1-17-8-11(4-5-13(17)18)16-7-9-2-3-10(14)6-12(9)15/h2-3,6,11,16H,4-5,7-8H2,1H3. The topological polar surface area (TPSA) is 32.3 Å². The first-order chi connectivity index (χ1) is 8.56. The number of hydrogen-bond acceptors (Lipinski definition) is 2. The zero-order chi connectivity index (χ0) is 13.1. The summed E-state index contributed by atoms with van der Waals surface area (Å²) in [5.41, 5.74) is 0.596. The third-order valence-electron chi connectivity index (χ3n) is 3.22. The molecule has 1 saturated heterocycles. The van der Waals surface area contributed by atoms with Gasteiger partial charge in [-0.1, -0.05) is 17.7 Å². The molecule has 0 spiro atoms. The number of hydrogen-bond donors (Lipinski definition) is 1. The lowest BCUT2D eigenvalue weighted by Gasteiger charge is -2.30. The first-order valence-electron chi connectivity index (χ1n) is 5.97. The van der Waals surface area contributed by atoms with Crippen LogP contribution in [-0.4, -0.2) is 30.4 Å². The molecule has 18 heavy (non-hydrogen) atoms. The van der Waals surface area contributed by atoms with Crippen molar-refractivity contribution >= 4 is 17.5 Å². The lowest BCUT2D eigenvalue weighted by Crippen LogP contribution is -2.46. The highest BCUT2D eigenvalue weighted by Crippen LogP contribution is 2.15. The van der Waals surface area contributed by atoms with E-state index in [1.165, 1.54) is 6.07 Å². The summed E-state index contributed by atoms with van der Waals surface area (Å²) < 4.78 is 13.6. The second-order valence-electron chi connectivity index (χ2n) is 4.63. The van der Waals surface area contributed by atoms with Gasteiger partial charge in [-0.3, -0.25) is 4.79 Å². The second-order valence-corrected chi connectivity index (χ2v) is 5.06. The number of piperidine rings is 1. The van der Waals surface area contributed by atoms with E-state index in [4.69, 9.17) is 11.6 Å². The molecule has 1 N–H and O–H groups in total. The highest BCUT2D eigenvalue weighted by Gasteiger charge is 2.22. The fourth-order valence-electron chi connectivity index (χ4n) is 2.10. The summed E-state index contributed by atoms with van der Waals surface area (Å²) in [6, 6.07) is 4.90. The Labute approximate surface area is 111 Å². The minimum atomic E-state index is -0.296. The van der Waals surface area contributed by atoms with Gasteiger partial charge >= 0.3 is 0 Å². The quantitative estimate of drug-likeness (QED) is 0.913. The molecule has 3 nitrogen and oxygen atoms in total. The molecule has 0 saturated carbocycles. The largest absolute Gasteiger partial charge is 0.344 e. The van der Waals surface area contributed by atoms with Gasteiger partial charge in [-0.05, 0) is 18.6 Å². The SMILES string of the molecule is CN1CC(NCc2ccc(Cl)cc2F)CCC1=O. The molecule has 1 heterocycles. The van der Waals surface area contributed by atoms with Crippen LogP contribution in [0.2, 0.25) is 5.02 Å². The van der Waals surface area contributed by atoms with Crippen LogP contribution in [0.15, 0.2) is 18.2 Å². The van der Waals surface area contributed by atoms with E-state index in [1.807, 2.05) is 0 Å². The van der Waals surface area contributed by atoms with Crippen molar-refractivity contribution in [1.82, 2.24) is 10.2 Å². The summed E-state index contributed by atoms with van der Waals surface area (Å²) in [6.07, 6.45) is 1.36. The maximum atomic E-state index is 13.6. The first kappa shape index (κ1) is 13.3. The number of nitrogens with zero attached hydrogens (tertiary/aromatic N) is 1. The van der Waals surface area contributed by atoms with E-state index in [0.29, 0.717) is 30.1 Å². The molecule has 1 aromatic rings. The molecular weight excluding hydrogens is 255 g/mol. The predicted octanol–water partition coefficient (Wildman–Crippen LogP) is 2.19. The number of carbonyl (C=O) groups is 1. The van der Waals surface area contributed by atoms with Crippen molar-refractivity contribution in [3.05, 3.63) is 34.6 Å². The number of rotatable bonds is 3. The van der Waals surface area contributed by atoms with E-state index in [2.05, 4.69) is 5.32 Å². The molecule has 1 aromatic carbocycles. The molecule has 0 aliphatic carbocycles. The number of likely N-dealkylation sites (N-methyl/N-ethyl adjacent to an activating group) is 1. The number of carbonyl (C=O) groups excluding carboxylic acids is 1. The fourth-order valence-corrected chi connectivity index (χ4v) is 2.26. The van der Waals surface area contributed by atoms with Gasteiger partial charge in [0.1, 0.15) is 5.82 Å².